The van der Waals surface area contributed by atoms with Gasteiger partial charge >= 0.3 is 0 Å². The third kappa shape index (κ3) is 3.76. The molecule has 0 atom stereocenters. The maximum absolute atomic E-state index is 13.1. The number of carbonyl (C=O) groups excluding carboxylic acids is 2. The van der Waals surface area contributed by atoms with E-state index in [1.54, 1.807) is 12.1 Å². The van der Waals surface area contributed by atoms with Gasteiger partial charge in [0.05, 0.1) is 5.41 Å². The predicted octanol–water partition coefficient (Wildman–Crippen LogP) is 3.40. The zero-order valence-electron chi connectivity index (χ0n) is 15.8. The number of hydrogen-bond donors (Lipinski definition) is 1. The summed E-state index contributed by atoms with van der Waals surface area (Å²) < 4.78 is 13.1. The predicted molar refractivity (Wildman–Crippen MR) is 99.1 cm³/mol. The van der Waals surface area contributed by atoms with Crippen molar-refractivity contribution in [3.8, 4) is 0 Å². The Bertz CT molecular complexity index is 642. The van der Waals surface area contributed by atoms with Crippen LogP contribution in [-0.4, -0.2) is 35.8 Å². The minimum Gasteiger partial charge on any atom is -0.352 e. The number of amides is 2. The molecule has 26 heavy (non-hydrogen) atoms. The highest BCUT2D eigenvalue weighted by Crippen LogP contribution is 2.48. The molecule has 0 unspecified atom stereocenters. The highest BCUT2D eigenvalue weighted by atomic mass is 19.1. The fourth-order valence-electron chi connectivity index (χ4n) is 4.00. The third-order valence-electron chi connectivity index (χ3n) is 6.06. The molecule has 2 aliphatic rings. The number of likely N-dealkylation sites (tertiary alicyclic amines) is 1. The first-order chi connectivity index (χ1) is 12.5. The monoisotopic (exact) mass is 360 g/mol. The van der Waals surface area contributed by atoms with Crippen molar-refractivity contribution >= 4 is 11.8 Å². The van der Waals surface area contributed by atoms with Crippen molar-refractivity contribution in [1.82, 2.24) is 10.2 Å². The SMILES string of the molecule is CCC(CC)C(=O)N1CCC(NC(=O)C2(c3ccc(F)cc3)CC2)CC1. The Balaban J connectivity index is 1.54. The molecule has 0 radical (unpaired) electrons. The summed E-state index contributed by atoms with van der Waals surface area (Å²) in [5, 5.41) is 3.18. The van der Waals surface area contributed by atoms with Crippen molar-refractivity contribution in [2.75, 3.05) is 13.1 Å². The maximum atomic E-state index is 13.1. The van der Waals surface area contributed by atoms with Gasteiger partial charge in [-0.15, -0.1) is 0 Å². The Hall–Kier alpha value is -1.91. The molecule has 1 aliphatic heterocycles. The van der Waals surface area contributed by atoms with Gasteiger partial charge in [0.25, 0.3) is 0 Å². The molecule has 1 aromatic carbocycles. The van der Waals surface area contributed by atoms with Crippen LogP contribution in [0.15, 0.2) is 24.3 Å². The normalized spacial score (nSPS) is 19.5. The van der Waals surface area contributed by atoms with Crippen LogP contribution in [0.5, 0.6) is 0 Å². The summed E-state index contributed by atoms with van der Waals surface area (Å²) in [6.45, 7) is 5.54. The van der Waals surface area contributed by atoms with Gasteiger partial charge < -0.3 is 10.2 Å². The van der Waals surface area contributed by atoms with Gasteiger partial charge in [0.15, 0.2) is 0 Å². The first-order valence-corrected chi connectivity index (χ1v) is 9.86. The highest BCUT2D eigenvalue weighted by molar-refractivity contribution is 5.91. The second-order valence-electron chi connectivity index (χ2n) is 7.68. The summed E-state index contributed by atoms with van der Waals surface area (Å²) >= 11 is 0. The number of carbonyl (C=O) groups is 2. The lowest BCUT2D eigenvalue weighted by molar-refractivity contribution is -0.137. The first kappa shape index (κ1) is 18.9. The second-order valence-corrected chi connectivity index (χ2v) is 7.68. The van der Waals surface area contributed by atoms with E-state index >= 15 is 0 Å². The zero-order chi connectivity index (χ0) is 18.7. The first-order valence-electron chi connectivity index (χ1n) is 9.86. The van der Waals surface area contributed by atoms with Crippen molar-refractivity contribution in [3.63, 3.8) is 0 Å². The molecule has 3 rings (SSSR count). The number of hydrogen-bond acceptors (Lipinski definition) is 2. The van der Waals surface area contributed by atoms with Crippen molar-refractivity contribution in [1.29, 1.82) is 0 Å². The van der Waals surface area contributed by atoms with Gasteiger partial charge in [0.1, 0.15) is 5.82 Å². The number of piperidine rings is 1. The van der Waals surface area contributed by atoms with E-state index in [9.17, 15) is 14.0 Å². The fourth-order valence-corrected chi connectivity index (χ4v) is 4.00. The van der Waals surface area contributed by atoms with E-state index in [2.05, 4.69) is 19.2 Å². The number of nitrogens with zero attached hydrogens (tertiary/aromatic N) is 1. The van der Waals surface area contributed by atoms with Gasteiger partial charge in [0, 0.05) is 25.0 Å². The van der Waals surface area contributed by atoms with Gasteiger partial charge in [-0.25, -0.2) is 4.39 Å². The largest absolute Gasteiger partial charge is 0.352 e. The molecule has 5 heteroatoms. The Morgan fingerprint density at radius 2 is 1.73 bits per heavy atom. The quantitative estimate of drug-likeness (QED) is 0.845. The van der Waals surface area contributed by atoms with Gasteiger partial charge in [-0.05, 0) is 56.2 Å². The summed E-state index contributed by atoms with van der Waals surface area (Å²) in [5.41, 5.74) is 0.425. The van der Waals surface area contributed by atoms with E-state index in [0.717, 1.165) is 44.1 Å². The summed E-state index contributed by atoms with van der Waals surface area (Å²) in [4.78, 5) is 27.2. The maximum Gasteiger partial charge on any atom is 0.230 e. The molecule has 0 spiro atoms. The number of halogens is 1. The van der Waals surface area contributed by atoms with Crippen LogP contribution in [0.4, 0.5) is 4.39 Å². The zero-order valence-corrected chi connectivity index (χ0v) is 15.8. The Morgan fingerprint density at radius 3 is 2.23 bits per heavy atom. The summed E-state index contributed by atoms with van der Waals surface area (Å²) in [5.74, 6) is 0.146. The molecule has 2 fully saturated rings. The van der Waals surface area contributed by atoms with Crippen LogP contribution in [0.1, 0.15) is 57.9 Å². The summed E-state index contributed by atoms with van der Waals surface area (Å²) in [7, 11) is 0. The van der Waals surface area contributed by atoms with Crippen molar-refractivity contribution in [3.05, 3.63) is 35.6 Å². The number of benzene rings is 1. The average molecular weight is 360 g/mol. The summed E-state index contributed by atoms with van der Waals surface area (Å²) in [6, 6.07) is 6.40. The van der Waals surface area contributed by atoms with Gasteiger partial charge in [-0.2, -0.15) is 0 Å². The van der Waals surface area contributed by atoms with Gasteiger partial charge in [-0.1, -0.05) is 26.0 Å². The van der Waals surface area contributed by atoms with E-state index in [4.69, 9.17) is 0 Å². The van der Waals surface area contributed by atoms with Gasteiger partial charge in [-0.3, -0.25) is 9.59 Å². The number of nitrogens with one attached hydrogen (secondary N) is 1. The van der Waals surface area contributed by atoms with Crippen molar-refractivity contribution in [2.45, 2.75) is 63.8 Å². The lowest BCUT2D eigenvalue weighted by Crippen LogP contribution is -2.49. The molecular formula is C21H29FN2O2. The topological polar surface area (TPSA) is 49.4 Å². The van der Waals surface area contributed by atoms with Crippen molar-refractivity contribution in [2.24, 2.45) is 5.92 Å². The summed E-state index contributed by atoms with van der Waals surface area (Å²) in [6.07, 6.45) is 5.00. The minimum absolute atomic E-state index is 0.0499. The van der Waals surface area contributed by atoms with Crippen LogP contribution in [0.3, 0.4) is 0 Å². The lowest BCUT2D eigenvalue weighted by Gasteiger charge is -2.35. The molecule has 2 amide bonds. The van der Waals surface area contributed by atoms with E-state index in [1.165, 1.54) is 12.1 Å². The highest BCUT2D eigenvalue weighted by Gasteiger charge is 2.51. The van der Waals surface area contributed by atoms with Crippen LogP contribution >= 0.6 is 0 Å². The van der Waals surface area contributed by atoms with Gasteiger partial charge in [0.2, 0.25) is 11.8 Å². The average Bonchev–Trinajstić information content (AvgIpc) is 3.46. The van der Waals surface area contributed by atoms with Crippen LogP contribution in [0.2, 0.25) is 0 Å². The molecule has 1 saturated heterocycles. The number of rotatable bonds is 6. The van der Waals surface area contributed by atoms with Crippen LogP contribution < -0.4 is 5.32 Å². The Labute approximate surface area is 155 Å². The second kappa shape index (κ2) is 7.77. The molecule has 4 nitrogen and oxygen atoms in total. The molecule has 142 valence electrons. The smallest absolute Gasteiger partial charge is 0.230 e. The minimum atomic E-state index is -0.476. The molecule has 0 bridgehead atoms. The molecular weight excluding hydrogens is 331 g/mol. The molecule has 0 aromatic heterocycles. The molecule has 1 heterocycles. The van der Waals surface area contributed by atoms with E-state index < -0.39 is 5.41 Å². The fraction of sp³-hybridized carbons (Fsp3) is 0.619. The van der Waals surface area contributed by atoms with E-state index in [-0.39, 0.29) is 29.6 Å². The van der Waals surface area contributed by atoms with E-state index in [0.29, 0.717) is 13.1 Å². The molecule has 1 N–H and O–H groups in total. The Kier molecular flexibility index (Phi) is 5.64. The molecule has 1 aromatic rings. The lowest BCUT2D eigenvalue weighted by atomic mass is 9.93. The van der Waals surface area contributed by atoms with Crippen LogP contribution in [0.25, 0.3) is 0 Å². The molecule has 1 aliphatic carbocycles. The van der Waals surface area contributed by atoms with Crippen molar-refractivity contribution < 1.29 is 14.0 Å². The molecule has 1 saturated carbocycles. The van der Waals surface area contributed by atoms with Crippen LogP contribution in [-0.2, 0) is 15.0 Å². The van der Waals surface area contributed by atoms with Crippen LogP contribution in [0, 0.1) is 11.7 Å². The Morgan fingerprint density at radius 1 is 1.15 bits per heavy atom. The third-order valence-corrected chi connectivity index (χ3v) is 6.06. The van der Waals surface area contributed by atoms with E-state index in [1.807, 2.05) is 4.90 Å². The standard InChI is InChI=1S/C21H29FN2O2/c1-3-15(4-2)19(25)24-13-9-18(10-14-24)23-20(26)21(11-12-21)16-5-7-17(22)8-6-16/h5-8,15,18H,3-4,9-14H2,1-2H3,(H,23,26).